The molecule has 2 heterocycles. The molecule has 6 aromatic carbocycles. The predicted molar refractivity (Wildman–Crippen MR) is 261 cm³/mol. The number of ketones is 2. The van der Waals surface area contributed by atoms with Crippen LogP contribution in [0.2, 0.25) is 0 Å². The zero-order valence-corrected chi connectivity index (χ0v) is 37.7. The molecule has 2 atom stereocenters. The molecule has 0 radical (unpaired) electrons. The highest BCUT2D eigenvalue weighted by Gasteiger charge is 2.20. The van der Waals surface area contributed by atoms with E-state index in [1.165, 1.54) is 11.1 Å². The average molecular weight is 900 g/mol. The summed E-state index contributed by atoms with van der Waals surface area (Å²) >= 11 is 3.39. The first-order chi connectivity index (χ1) is 30.8. The van der Waals surface area contributed by atoms with E-state index in [2.05, 4.69) is 81.4 Å². The molecule has 0 aliphatic carbocycles. The van der Waals surface area contributed by atoms with E-state index in [-0.39, 0.29) is 29.2 Å². The summed E-state index contributed by atoms with van der Waals surface area (Å²) in [6.07, 6.45) is 11.6. The number of hydrogen-bond donors (Lipinski definition) is 1. The van der Waals surface area contributed by atoms with Gasteiger partial charge in [-0.3, -0.25) is 19.6 Å². The molecule has 0 bridgehead atoms. The smallest absolute Gasteiger partial charge is 0.144 e. The molecule has 1 N–H and O–H groups in total. The van der Waals surface area contributed by atoms with Crippen molar-refractivity contribution >= 4 is 49.0 Å². The third-order valence-electron chi connectivity index (χ3n) is 11.1. The minimum Gasteiger partial charge on any atom is -0.508 e. The number of rotatable bonds is 16. The SMILES string of the molecule is BrCCc1ccccc1.CCC(C(=O)Cc1ccc2cnccc2c1)c1ccc(O)cc1.CCC(C(=O)Cc1ccc2cnccc2c1)c1ccc(OCCc2ccccc2)cc1. The molecule has 0 amide bonds. The first-order valence-electron chi connectivity index (χ1n) is 21.7. The molecule has 0 spiro atoms. The minimum absolute atomic E-state index is 0.105. The zero-order chi connectivity index (χ0) is 44.2. The van der Waals surface area contributed by atoms with Crippen LogP contribution in [0.3, 0.4) is 0 Å². The van der Waals surface area contributed by atoms with Crippen LogP contribution in [0.15, 0.2) is 183 Å². The van der Waals surface area contributed by atoms with Gasteiger partial charge in [0.1, 0.15) is 23.1 Å². The Bertz CT molecular complexity index is 2630. The van der Waals surface area contributed by atoms with E-state index in [1.54, 1.807) is 24.5 Å². The van der Waals surface area contributed by atoms with E-state index in [0.29, 0.717) is 19.4 Å². The van der Waals surface area contributed by atoms with Gasteiger partial charge in [-0.25, -0.2) is 0 Å². The molecular weight excluding hydrogens is 845 g/mol. The summed E-state index contributed by atoms with van der Waals surface area (Å²) in [4.78, 5) is 34.0. The summed E-state index contributed by atoms with van der Waals surface area (Å²) in [6, 6.07) is 51.8. The maximum absolute atomic E-state index is 13.1. The van der Waals surface area contributed by atoms with Crippen molar-refractivity contribution in [2.45, 2.75) is 64.2 Å². The van der Waals surface area contributed by atoms with Crippen LogP contribution in [0.5, 0.6) is 11.5 Å². The lowest BCUT2D eigenvalue weighted by Crippen LogP contribution is -2.14. The second-order valence-electron chi connectivity index (χ2n) is 15.5. The number of ether oxygens (including phenoxy) is 1. The molecule has 63 heavy (non-hydrogen) atoms. The maximum atomic E-state index is 13.1. The molecule has 7 heteroatoms. The van der Waals surface area contributed by atoms with Crippen molar-refractivity contribution < 1.29 is 19.4 Å². The molecule has 0 saturated heterocycles. The molecule has 2 unspecified atom stereocenters. The molecular formula is C56H55BrN2O4. The van der Waals surface area contributed by atoms with Crippen molar-refractivity contribution in [3.8, 4) is 11.5 Å². The number of fused-ring (bicyclic) bond motifs is 2. The lowest BCUT2D eigenvalue weighted by atomic mass is 9.88. The van der Waals surface area contributed by atoms with Gasteiger partial charge in [0.2, 0.25) is 0 Å². The highest BCUT2D eigenvalue weighted by Crippen LogP contribution is 2.27. The standard InChI is InChI=1S/C28H27NO2.C20H19NO2.C8H9Br/c1-2-27(28(30)19-22-8-9-25-20-29-16-14-24(25)18-22)23-10-12-26(13-11-23)31-17-15-21-6-4-3-5-7-21;1-2-19(15-5-7-18(22)8-6-15)20(23)12-14-3-4-17-13-21-10-9-16(17)11-14;9-7-6-8-4-2-1-3-5-8/h3-14,16,18,20,27H,2,15,17,19H2,1H3;3-11,13,19,22H,2,12H2,1H3;1-5H,6-7H2. The van der Waals surface area contributed by atoms with Crippen LogP contribution in [0, 0.1) is 0 Å². The second kappa shape index (κ2) is 24.3. The van der Waals surface area contributed by atoms with Crippen LogP contribution in [0.4, 0.5) is 0 Å². The van der Waals surface area contributed by atoms with Gasteiger partial charge >= 0.3 is 0 Å². The van der Waals surface area contributed by atoms with Gasteiger partial charge in [-0.2, -0.15) is 0 Å². The van der Waals surface area contributed by atoms with Crippen LogP contribution < -0.4 is 4.74 Å². The number of phenols is 1. The van der Waals surface area contributed by atoms with E-state index in [1.807, 2.05) is 116 Å². The highest BCUT2D eigenvalue weighted by atomic mass is 79.9. The molecule has 0 aliphatic rings. The fourth-order valence-corrected chi connectivity index (χ4v) is 8.08. The van der Waals surface area contributed by atoms with E-state index >= 15 is 0 Å². The number of Topliss-reactive ketones (excluding diaryl/α,β-unsaturated/α-hetero) is 2. The van der Waals surface area contributed by atoms with Crippen molar-refractivity contribution in [3.05, 3.63) is 216 Å². The number of alkyl halides is 1. The number of aromatic hydroxyl groups is 1. The summed E-state index contributed by atoms with van der Waals surface area (Å²) in [6.45, 7) is 4.72. The Morgan fingerprint density at radius 2 is 1.00 bits per heavy atom. The number of hydrogen-bond acceptors (Lipinski definition) is 6. The van der Waals surface area contributed by atoms with Gasteiger partial charge in [-0.15, -0.1) is 0 Å². The Labute approximate surface area is 380 Å². The number of pyridine rings is 2. The molecule has 8 aromatic rings. The molecule has 0 aliphatic heterocycles. The fourth-order valence-electron chi connectivity index (χ4n) is 7.62. The normalized spacial score (nSPS) is 11.7. The van der Waals surface area contributed by atoms with Crippen LogP contribution in [0.25, 0.3) is 21.5 Å². The number of aromatic nitrogens is 2. The van der Waals surface area contributed by atoms with Crippen molar-refractivity contribution in [1.82, 2.24) is 9.97 Å². The van der Waals surface area contributed by atoms with Gasteiger partial charge in [0.05, 0.1) is 6.61 Å². The van der Waals surface area contributed by atoms with Crippen LogP contribution in [-0.2, 0) is 35.3 Å². The Hall–Kier alpha value is -6.44. The van der Waals surface area contributed by atoms with E-state index in [0.717, 1.165) is 80.6 Å². The number of aryl methyl sites for hydroxylation is 1. The molecule has 2 aromatic heterocycles. The van der Waals surface area contributed by atoms with E-state index in [4.69, 9.17) is 4.74 Å². The van der Waals surface area contributed by atoms with Crippen molar-refractivity contribution in [3.63, 3.8) is 0 Å². The number of carbonyl (C=O) groups is 2. The summed E-state index contributed by atoms with van der Waals surface area (Å²) in [5.41, 5.74) is 6.73. The van der Waals surface area contributed by atoms with Gasteiger partial charge in [-0.05, 0) is 99.8 Å². The Morgan fingerprint density at radius 1 is 0.540 bits per heavy atom. The number of halogens is 1. The number of carbonyl (C=O) groups excluding carboxylic acids is 2. The highest BCUT2D eigenvalue weighted by molar-refractivity contribution is 9.09. The lowest BCUT2D eigenvalue weighted by Gasteiger charge is -2.15. The second-order valence-corrected chi connectivity index (χ2v) is 16.3. The third kappa shape index (κ3) is 14.0. The number of phenolic OH excluding ortho intramolecular Hbond substituents is 1. The summed E-state index contributed by atoms with van der Waals surface area (Å²) in [5, 5.41) is 14.8. The first kappa shape index (κ1) is 46.1. The lowest BCUT2D eigenvalue weighted by molar-refractivity contribution is -0.120. The van der Waals surface area contributed by atoms with Gasteiger partial charge in [-0.1, -0.05) is 151 Å². The maximum Gasteiger partial charge on any atom is 0.144 e. The van der Waals surface area contributed by atoms with Gasteiger partial charge in [0.25, 0.3) is 0 Å². The largest absolute Gasteiger partial charge is 0.508 e. The topological polar surface area (TPSA) is 89.4 Å². The van der Waals surface area contributed by atoms with Crippen molar-refractivity contribution in [2.24, 2.45) is 0 Å². The van der Waals surface area contributed by atoms with Crippen LogP contribution >= 0.6 is 15.9 Å². The average Bonchev–Trinajstić information content (AvgIpc) is 3.32. The van der Waals surface area contributed by atoms with Gasteiger partial charge < -0.3 is 9.84 Å². The predicted octanol–water partition coefficient (Wildman–Crippen LogP) is 13.0. The molecule has 320 valence electrons. The Morgan fingerprint density at radius 3 is 1.46 bits per heavy atom. The number of benzene rings is 6. The zero-order valence-electron chi connectivity index (χ0n) is 36.1. The Kier molecular flexibility index (Phi) is 17.7. The van der Waals surface area contributed by atoms with Crippen molar-refractivity contribution in [2.75, 3.05) is 11.9 Å². The minimum atomic E-state index is -0.135. The van der Waals surface area contributed by atoms with E-state index < -0.39 is 0 Å². The van der Waals surface area contributed by atoms with Crippen LogP contribution in [0.1, 0.15) is 71.9 Å². The fraction of sp³-hybridized carbons (Fsp3) is 0.214. The molecule has 6 nitrogen and oxygen atoms in total. The summed E-state index contributed by atoms with van der Waals surface area (Å²) < 4.78 is 5.89. The molecule has 0 fully saturated rings. The third-order valence-corrected chi connectivity index (χ3v) is 11.5. The summed E-state index contributed by atoms with van der Waals surface area (Å²) in [7, 11) is 0. The monoisotopic (exact) mass is 898 g/mol. The van der Waals surface area contributed by atoms with Gasteiger partial charge in [0, 0.05) is 72.0 Å². The van der Waals surface area contributed by atoms with Crippen molar-refractivity contribution in [1.29, 1.82) is 0 Å². The summed E-state index contributed by atoms with van der Waals surface area (Å²) in [5.74, 6) is 1.26. The number of nitrogens with zero attached hydrogens (tertiary/aromatic N) is 2. The van der Waals surface area contributed by atoms with Gasteiger partial charge in [0.15, 0.2) is 0 Å². The van der Waals surface area contributed by atoms with Crippen LogP contribution in [-0.4, -0.2) is 38.6 Å². The quantitative estimate of drug-likeness (QED) is 0.0972. The Balaban J connectivity index is 0.000000180. The molecule has 0 saturated carbocycles. The first-order valence-corrected chi connectivity index (χ1v) is 22.8. The molecule has 8 rings (SSSR count). The van der Waals surface area contributed by atoms with E-state index in [9.17, 15) is 14.7 Å².